The number of para-hydroxylation sites is 2. The molecule has 7 nitrogen and oxygen atoms in total. The van der Waals surface area contributed by atoms with Crippen molar-refractivity contribution >= 4 is 11.7 Å². The summed E-state index contributed by atoms with van der Waals surface area (Å²) in [5, 5.41) is 3.00. The van der Waals surface area contributed by atoms with Gasteiger partial charge in [0.05, 0.1) is 27.0 Å². The zero-order chi connectivity index (χ0) is 21.1. The van der Waals surface area contributed by atoms with Crippen LogP contribution in [0.1, 0.15) is 17.3 Å². The number of nitrogens with one attached hydrogen (secondary N) is 1. The Morgan fingerprint density at radius 3 is 2.50 bits per heavy atom. The van der Waals surface area contributed by atoms with Crippen molar-refractivity contribution in [2.24, 2.45) is 0 Å². The van der Waals surface area contributed by atoms with Crippen molar-refractivity contribution in [2.75, 3.05) is 33.2 Å². The van der Waals surface area contributed by atoms with Gasteiger partial charge >= 0.3 is 6.03 Å². The molecule has 1 N–H and O–H groups in total. The van der Waals surface area contributed by atoms with E-state index < -0.39 is 0 Å². The Labute approximate surface area is 175 Å². The van der Waals surface area contributed by atoms with Gasteiger partial charge in [-0.15, -0.1) is 0 Å². The molecule has 1 aliphatic heterocycles. The van der Waals surface area contributed by atoms with E-state index in [1.165, 1.54) is 0 Å². The molecule has 4 rings (SSSR count). The van der Waals surface area contributed by atoms with Crippen molar-refractivity contribution < 1.29 is 19.0 Å². The Morgan fingerprint density at radius 2 is 1.73 bits per heavy atom. The van der Waals surface area contributed by atoms with Gasteiger partial charge in [0.15, 0.2) is 0 Å². The number of fused-ring (bicyclic) bond motifs is 1. The fraction of sp³-hybridized carbons (Fsp3) is 0.261. The molecule has 0 bridgehead atoms. The Kier molecular flexibility index (Phi) is 5.52. The summed E-state index contributed by atoms with van der Waals surface area (Å²) in [7, 11) is 4.83. The maximum atomic E-state index is 13.4. The molecule has 2 heterocycles. The van der Waals surface area contributed by atoms with E-state index in [-0.39, 0.29) is 12.1 Å². The highest BCUT2D eigenvalue weighted by atomic mass is 16.5. The molecule has 1 atom stereocenters. The normalized spacial score (nSPS) is 15.3. The van der Waals surface area contributed by atoms with Crippen LogP contribution in [0, 0.1) is 0 Å². The first kappa shape index (κ1) is 19.7. The van der Waals surface area contributed by atoms with Crippen LogP contribution < -0.4 is 19.5 Å². The third-order valence-electron chi connectivity index (χ3n) is 5.38. The number of hydrogen-bond acceptors (Lipinski definition) is 4. The van der Waals surface area contributed by atoms with Crippen LogP contribution in [-0.2, 0) is 6.54 Å². The topological polar surface area (TPSA) is 65.0 Å². The number of hydrogen-bond donors (Lipinski definition) is 1. The van der Waals surface area contributed by atoms with Crippen LogP contribution in [0.5, 0.6) is 17.2 Å². The molecule has 7 heteroatoms. The van der Waals surface area contributed by atoms with Crippen LogP contribution in [0.15, 0.2) is 60.8 Å². The van der Waals surface area contributed by atoms with Gasteiger partial charge in [0.25, 0.3) is 0 Å². The number of amides is 2. The van der Waals surface area contributed by atoms with Crippen LogP contribution in [0.25, 0.3) is 0 Å². The SMILES string of the molecule is COc1ccc(C2c3cccn3CCN2C(=O)Nc2ccccc2OC)c(OC)c1. The van der Waals surface area contributed by atoms with Crippen LogP contribution in [0.2, 0.25) is 0 Å². The predicted octanol–water partition coefficient (Wildman–Crippen LogP) is 4.15. The van der Waals surface area contributed by atoms with Gasteiger partial charge in [-0.25, -0.2) is 4.79 Å². The molecular weight excluding hydrogens is 382 g/mol. The maximum Gasteiger partial charge on any atom is 0.322 e. The second-order valence-electron chi connectivity index (χ2n) is 6.96. The Hall–Kier alpha value is -3.61. The molecule has 0 spiro atoms. The van der Waals surface area contributed by atoms with E-state index in [0.717, 1.165) is 17.8 Å². The second-order valence-corrected chi connectivity index (χ2v) is 6.96. The molecule has 3 aromatic rings. The lowest BCUT2D eigenvalue weighted by Gasteiger charge is -2.37. The van der Waals surface area contributed by atoms with Gasteiger partial charge in [-0.3, -0.25) is 0 Å². The van der Waals surface area contributed by atoms with Crippen molar-refractivity contribution in [1.29, 1.82) is 0 Å². The molecule has 0 radical (unpaired) electrons. The van der Waals surface area contributed by atoms with Gasteiger partial charge in [0, 0.05) is 36.6 Å². The van der Waals surface area contributed by atoms with Crippen LogP contribution in [-0.4, -0.2) is 43.4 Å². The highest BCUT2D eigenvalue weighted by molar-refractivity contribution is 5.91. The van der Waals surface area contributed by atoms with Crippen molar-refractivity contribution in [3.8, 4) is 17.2 Å². The molecule has 0 aliphatic carbocycles. The zero-order valence-electron chi connectivity index (χ0n) is 17.3. The lowest BCUT2D eigenvalue weighted by atomic mass is 9.99. The average molecular weight is 407 g/mol. The average Bonchev–Trinajstić information content (AvgIpc) is 3.27. The van der Waals surface area contributed by atoms with Crippen LogP contribution >= 0.6 is 0 Å². The van der Waals surface area contributed by atoms with E-state index >= 15 is 0 Å². The minimum atomic E-state index is -0.302. The first-order chi connectivity index (χ1) is 14.7. The quantitative estimate of drug-likeness (QED) is 0.690. The van der Waals surface area contributed by atoms with Crippen molar-refractivity contribution in [3.05, 3.63) is 72.1 Å². The summed E-state index contributed by atoms with van der Waals surface area (Å²) in [6.45, 7) is 1.28. The first-order valence-electron chi connectivity index (χ1n) is 9.74. The number of carbonyl (C=O) groups is 1. The van der Waals surface area contributed by atoms with Crippen molar-refractivity contribution in [2.45, 2.75) is 12.6 Å². The van der Waals surface area contributed by atoms with E-state index in [4.69, 9.17) is 14.2 Å². The molecule has 1 unspecified atom stereocenters. The molecule has 0 fully saturated rings. The number of anilines is 1. The monoisotopic (exact) mass is 407 g/mol. The zero-order valence-corrected chi connectivity index (χ0v) is 17.3. The van der Waals surface area contributed by atoms with Crippen LogP contribution in [0.3, 0.4) is 0 Å². The molecule has 1 aliphatic rings. The number of rotatable bonds is 5. The third-order valence-corrected chi connectivity index (χ3v) is 5.38. The smallest absolute Gasteiger partial charge is 0.322 e. The van der Waals surface area contributed by atoms with E-state index in [1.54, 1.807) is 21.3 Å². The van der Waals surface area contributed by atoms with Crippen LogP contribution in [0.4, 0.5) is 10.5 Å². The minimum Gasteiger partial charge on any atom is -0.497 e. The summed E-state index contributed by atoms with van der Waals surface area (Å²) in [6, 6.07) is 16.6. The van der Waals surface area contributed by atoms with Gasteiger partial charge < -0.3 is 29.0 Å². The van der Waals surface area contributed by atoms with Gasteiger partial charge in [0.1, 0.15) is 23.3 Å². The summed E-state index contributed by atoms with van der Waals surface area (Å²) < 4.78 is 18.5. The summed E-state index contributed by atoms with van der Waals surface area (Å²) in [5.41, 5.74) is 2.56. The summed E-state index contributed by atoms with van der Waals surface area (Å²) in [4.78, 5) is 15.2. The number of methoxy groups -OCH3 is 3. The van der Waals surface area contributed by atoms with Gasteiger partial charge in [-0.1, -0.05) is 12.1 Å². The second kappa shape index (κ2) is 8.41. The predicted molar refractivity (Wildman–Crippen MR) is 115 cm³/mol. The lowest BCUT2D eigenvalue weighted by Crippen LogP contribution is -2.44. The Morgan fingerprint density at radius 1 is 0.933 bits per heavy atom. The van der Waals surface area contributed by atoms with Gasteiger partial charge in [-0.05, 0) is 36.4 Å². The number of aromatic nitrogens is 1. The largest absolute Gasteiger partial charge is 0.497 e. The van der Waals surface area contributed by atoms with Gasteiger partial charge in [-0.2, -0.15) is 0 Å². The van der Waals surface area contributed by atoms with E-state index in [1.807, 2.05) is 65.7 Å². The van der Waals surface area contributed by atoms with E-state index in [2.05, 4.69) is 9.88 Å². The molecule has 1 aromatic heterocycles. The summed E-state index contributed by atoms with van der Waals surface area (Å²) in [5.74, 6) is 1.99. The number of nitrogens with zero attached hydrogens (tertiary/aromatic N) is 2. The number of benzene rings is 2. The Bertz CT molecular complexity index is 1050. The highest BCUT2D eigenvalue weighted by Crippen LogP contribution is 2.39. The molecule has 2 amide bonds. The minimum absolute atomic E-state index is 0.199. The standard InChI is InChI=1S/C23H25N3O4/c1-28-16-10-11-17(21(15-16)30-3)22-19-8-6-12-25(19)13-14-26(22)23(27)24-18-7-4-5-9-20(18)29-2/h4-12,15,22H,13-14H2,1-3H3,(H,24,27). The molecule has 0 saturated heterocycles. The summed E-state index contributed by atoms with van der Waals surface area (Å²) >= 11 is 0. The first-order valence-corrected chi connectivity index (χ1v) is 9.74. The molecule has 2 aromatic carbocycles. The van der Waals surface area contributed by atoms with Gasteiger partial charge in [0.2, 0.25) is 0 Å². The lowest BCUT2D eigenvalue weighted by molar-refractivity contribution is 0.180. The third kappa shape index (κ3) is 3.54. The number of urea groups is 1. The van der Waals surface area contributed by atoms with Crippen molar-refractivity contribution in [1.82, 2.24) is 9.47 Å². The van der Waals surface area contributed by atoms with Crippen molar-refractivity contribution in [3.63, 3.8) is 0 Å². The molecule has 0 saturated carbocycles. The number of ether oxygens (including phenoxy) is 3. The van der Waals surface area contributed by atoms with E-state index in [9.17, 15) is 4.79 Å². The fourth-order valence-electron chi connectivity index (χ4n) is 3.91. The highest BCUT2D eigenvalue weighted by Gasteiger charge is 2.34. The molecule has 30 heavy (non-hydrogen) atoms. The molecular formula is C23H25N3O4. The van der Waals surface area contributed by atoms with E-state index in [0.29, 0.717) is 29.5 Å². The fourth-order valence-corrected chi connectivity index (χ4v) is 3.91. The number of carbonyl (C=O) groups excluding carboxylic acids is 1. The Balaban J connectivity index is 1.73. The molecule has 156 valence electrons. The maximum absolute atomic E-state index is 13.4. The summed E-state index contributed by atoms with van der Waals surface area (Å²) in [6.07, 6.45) is 2.04.